The first kappa shape index (κ1) is 22.5. The second-order valence-corrected chi connectivity index (χ2v) is 8.09. The van der Waals surface area contributed by atoms with Crippen LogP contribution in [0.15, 0.2) is 48.5 Å². The van der Waals surface area contributed by atoms with Crippen molar-refractivity contribution in [3.63, 3.8) is 0 Å². The summed E-state index contributed by atoms with van der Waals surface area (Å²) in [7, 11) is 0. The number of aliphatic hydroxyl groups is 1. The van der Waals surface area contributed by atoms with Gasteiger partial charge in [-0.25, -0.2) is 4.79 Å². The highest BCUT2D eigenvalue weighted by Crippen LogP contribution is 2.24. The highest BCUT2D eigenvalue weighted by atomic mass is 35.5. The minimum absolute atomic E-state index is 0.476. The zero-order valence-electron chi connectivity index (χ0n) is 16.8. The zero-order chi connectivity index (χ0) is 21.7. The number of ether oxygens (including phenoxy) is 2. The van der Waals surface area contributed by atoms with Gasteiger partial charge in [0.05, 0.1) is 6.61 Å². The molecule has 8 heteroatoms. The van der Waals surface area contributed by atoms with Crippen molar-refractivity contribution in [1.29, 1.82) is 0 Å². The molecule has 0 fully saturated rings. The lowest BCUT2D eigenvalue weighted by molar-refractivity contribution is -0.123. The van der Waals surface area contributed by atoms with Gasteiger partial charge in [-0.05, 0) is 76.2 Å². The number of anilines is 1. The van der Waals surface area contributed by atoms with Crippen LogP contribution in [0.5, 0.6) is 11.5 Å². The number of amides is 2. The SMILES string of the molecule is CC(C)(C)OC(=O)NC(C)(CO)C(=O)Nc1ccc(Oc2ccc(Cl)cc2)cc1. The van der Waals surface area contributed by atoms with E-state index in [2.05, 4.69) is 10.6 Å². The third-order valence-corrected chi connectivity index (χ3v) is 4.01. The summed E-state index contributed by atoms with van der Waals surface area (Å²) in [6.45, 7) is 5.92. The summed E-state index contributed by atoms with van der Waals surface area (Å²) in [5.74, 6) is 0.611. The number of alkyl carbamates (subject to hydrolysis) is 1. The lowest BCUT2D eigenvalue weighted by Gasteiger charge is -2.29. The quantitative estimate of drug-likeness (QED) is 0.645. The van der Waals surface area contributed by atoms with Crippen molar-refractivity contribution < 1.29 is 24.2 Å². The van der Waals surface area contributed by atoms with Crippen molar-refractivity contribution in [1.82, 2.24) is 5.32 Å². The van der Waals surface area contributed by atoms with Crippen molar-refractivity contribution in [2.75, 3.05) is 11.9 Å². The van der Waals surface area contributed by atoms with Crippen LogP contribution in [0, 0.1) is 0 Å². The van der Waals surface area contributed by atoms with Gasteiger partial charge in [-0.15, -0.1) is 0 Å². The van der Waals surface area contributed by atoms with Crippen molar-refractivity contribution in [2.45, 2.75) is 38.8 Å². The summed E-state index contributed by atoms with van der Waals surface area (Å²) in [5, 5.41) is 15.3. The molecular formula is C21H25ClN2O5. The van der Waals surface area contributed by atoms with E-state index in [9.17, 15) is 14.7 Å². The molecule has 0 heterocycles. The number of aliphatic hydroxyl groups excluding tert-OH is 1. The standard InChI is InChI=1S/C21H25ClN2O5/c1-20(2,3)29-19(27)24-21(4,13-25)18(26)23-15-7-11-17(12-8-15)28-16-9-5-14(22)6-10-16/h5-12,25H,13H2,1-4H3,(H,23,26)(H,24,27). The molecule has 0 saturated heterocycles. The Labute approximate surface area is 175 Å². The van der Waals surface area contributed by atoms with Gasteiger partial charge in [0.15, 0.2) is 0 Å². The van der Waals surface area contributed by atoms with E-state index in [1.807, 2.05) is 0 Å². The number of halogens is 1. The van der Waals surface area contributed by atoms with Crippen LogP contribution in [0.2, 0.25) is 5.02 Å². The Morgan fingerprint density at radius 3 is 1.97 bits per heavy atom. The Hall–Kier alpha value is -2.77. The average Bonchev–Trinajstić information content (AvgIpc) is 2.63. The van der Waals surface area contributed by atoms with Crippen molar-refractivity contribution >= 4 is 29.3 Å². The van der Waals surface area contributed by atoms with E-state index >= 15 is 0 Å². The number of benzene rings is 2. The maximum absolute atomic E-state index is 12.6. The minimum atomic E-state index is -1.55. The van der Waals surface area contributed by atoms with Crippen LogP contribution in [0.1, 0.15) is 27.7 Å². The fourth-order valence-corrected chi connectivity index (χ4v) is 2.34. The van der Waals surface area contributed by atoms with Gasteiger partial charge in [0.25, 0.3) is 5.91 Å². The van der Waals surface area contributed by atoms with Crippen LogP contribution in [-0.4, -0.2) is 34.9 Å². The first-order valence-electron chi connectivity index (χ1n) is 8.98. The molecular weight excluding hydrogens is 396 g/mol. The number of hydrogen-bond donors (Lipinski definition) is 3. The molecule has 0 saturated carbocycles. The number of nitrogens with one attached hydrogen (secondary N) is 2. The maximum Gasteiger partial charge on any atom is 0.408 e. The normalized spacial score (nSPS) is 13.2. The second kappa shape index (κ2) is 9.15. The molecule has 2 aromatic carbocycles. The Bertz CT molecular complexity index is 847. The maximum atomic E-state index is 12.6. The fourth-order valence-electron chi connectivity index (χ4n) is 2.21. The number of carbonyl (C=O) groups is 2. The third kappa shape index (κ3) is 6.96. The predicted octanol–water partition coefficient (Wildman–Crippen LogP) is 4.35. The summed E-state index contributed by atoms with van der Waals surface area (Å²) in [5.41, 5.74) is -1.80. The van der Waals surface area contributed by atoms with Gasteiger partial charge in [-0.3, -0.25) is 4.79 Å². The molecule has 0 aliphatic heterocycles. The highest BCUT2D eigenvalue weighted by Gasteiger charge is 2.36. The van der Waals surface area contributed by atoms with Gasteiger partial charge in [0.1, 0.15) is 22.6 Å². The Morgan fingerprint density at radius 1 is 0.966 bits per heavy atom. The molecule has 7 nitrogen and oxygen atoms in total. The van der Waals surface area contributed by atoms with Crippen LogP contribution in [0.4, 0.5) is 10.5 Å². The highest BCUT2D eigenvalue weighted by molar-refractivity contribution is 6.30. The van der Waals surface area contributed by atoms with E-state index in [0.717, 1.165) is 0 Å². The van der Waals surface area contributed by atoms with E-state index in [0.29, 0.717) is 22.2 Å². The Balaban J connectivity index is 2.00. The molecule has 0 aromatic heterocycles. The van der Waals surface area contributed by atoms with Crippen LogP contribution < -0.4 is 15.4 Å². The first-order valence-corrected chi connectivity index (χ1v) is 9.35. The fraction of sp³-hybridized carbons (Fsp3) is 0.333. The zero-order valence-corrected chi connectivity index (χ0v) is 17.5. The molecule has 29 heavy (non-hydrogen) atoms. The molecule has 0 aliphatic rings. The molecule has 2 amide bonds. The summed E-state index contributed by atoms with van der Waals surface area (Å²) in [6.07, 6.45) is -0.795. The van der Waals surface area contributed by atoms with Gasteiger partial charge in [0, 0.05) is 10.7 Å². The molecule has 2 aromatic rings. The summed E-state index contributed by atoms with van der Waals surface area (Å²) in [4.78, 5) is 24.6. The minimum Gasteiger partial charge on any atom is -0.457 e. The summed E-state index contributed by atoms with van der Waals surface area (Å²) >= 11 is 5.85. The van der Waals surface area contributed by atoms with E-state index in [1.165, 1.54) is 6.92 Å². The van der Waals surface area contributed by atoms with Crippen molar-refractivity contribution in [2.24, 2.45) is 0 Å². The Morgan fingerprint density at radius 2 is 1.48 bits per heavy atom. The molecule has 0 radical (unpaired) electrons. The predicted molar refractivity (Wildman–Crippen MR) is 111 cm³/mol. The molecule has 1 unspecified atom stereocenters. The lowest BCUT2D eigenvalue weighted by Crippen LogP contribution is -2.58. The van der Waals surface area contributed by atoms with Gasteiger partial charge in [-0.1, -0.05) is 11.6 Å². The van der Waals surface area contributed by atoms with Gasteiger partial charge >= 0.3 is 6.09 Å². The van der Waals surface area contributed by atoms with Crippen molar-refractivity contribution in [3.05, 3.63) is 53.6 Å². The largest absolute Gasteiger partial charge is 0.457 e. The van der Waals surface area contributed by atoms with Crippen LogP contribution in [0.3, 0.4) is 0 Å². The average molecular weight is 421 g/mol. The van der Waals surface area contributed by atoms with E-state index in [-0.39, 0.29) is 0 Å². The smallest absolute Gasteiger partial charge is 0.408 e. The lowest BCUT2D eigenvalue weighted by atomic mass is 10.0. The molecule has 0 aliphatic carbocycles. The summed E-state index contributed by atoms with van der Waals surface area (Å²) < 4.78 is 10.8. The van der Waals surface area contributed by atoms with Gasteiger partial charge < -0.3 is 25.2 Å². The first-order chi connectivity index (χ1) is 13.5. The van der Waals surface area contributed by atoms with Crippen LogP contribution in [-0.2, 0) is 9.53 Å². The molecule has 156 valence electrons. The topological polar surface area (TPSA) is 96.9 Å². The second-order valence-electron chi connectivity index (χ2n) is 7.65. The molecule has 0 bridgehead atoms. The Kier molecular flexibility index (Phi) is 7.11. The molecule has 0 spiro atoms. The number of hydrogen-bond acceptors (Lipinski definition) is 5. The summed E-state index contributed by atoms with van der Waals surface area (Å²) in [6, 6.07) is 13.6. The van der Waals surface area contributed by atoms with Gasteiger partial charge in [-0.2, -0.15) is 0 Å². The molecule has 1 atom stereocenters. The van der Waals surface area contributed by atoms with Crippen molar-refractivity contribution in [3.8, 4) is 11.5 Å². The van der Waals surface area contributed by atoms with Crippen LogP contribution in [0.25, 0.3) is 0 Å². The molecule has 3 N–H and O–H groups in total. The monoisotopic (exact) mass is 420 g/mol. The van der Waals surface area contributed by atoms with E-state index in [4.69, 9.17) is 21.1 Å². The molecule has 2 rings (SSSR count). The number of carbonyl (C=O) groups excluding carboxylic acids is 2. The third-order valence-electron chi connectivity index (χ3n) is 3.76. The van der Waals surface area contributed by atoms with E-state index in [1.54, 1.807) is 69.3 Å². The van der Waals surface area contributed by atoms with Crippen LogP contribution >= 0.6 is 11.6 Å². The number of rotatable bonds is 6. The van der Waals surface area contributed by atoms with Gasteiger partial charge in [0.2, 0.25) is 0 Å². The van der Waals surface area contributed by atoms with E-state index < -0.39 is 29.7 Å².